The van der Waals surface area contributed by atoms with Crippen LogP contribution in [0, 0.1) is 0 Å². The van der Waals surface area contributed by atoms with Gasteiger partial charge >= 0.3 is 0 Å². The summed E-state index contributed by atoms with van der Waals surface area (Å²) in [6, 6.07) is 13.3. The average Bonchev–Trinajstić information content (AvgIpc) is 3.26. The maximum atomic E-state index is 5.47. The standard InChI is InChI=1S/C22H33N5OS.HI/c1-23-22(25-16-20(26(2)3)21-9-6-14-29-21)24-15-18-7-4-5-8-19(18)17-27-10-12-28-13-11-27;/h4-9,14,20H,10-13,15-17H2,1-3H3,(H2,23,24,25);1H. The van der Waals surface area contributed by atoms with Gasteiger partial charge in [-0.05, 0) is 36.7 Å². The fraction of sp³-hybridized carbons (Fsp3) is 0.500. The summed E-state index contributed by atoms with van der Waals surface area (Å²) in [7, 11) is 6.05. The van der Waals surface area contributed by atoms with E-state index in [2.05, 4.69) is 81.3 Å². The molecule has 6 nitrogen and oxygen atoms in total. The number of hydrogen-bond donors (Lipinski definition) is 2. The molecule has 0 spiro atoms. The van der Waals surface area contributed by atoms with E-state index < -0.39 is 0 Å². The topological polar surface area (TPSA) is 52.1 Å². The summed E-state index contributed by atoms with van der Waals surface area (Å²) in [5.41, 5.74) is 2.67. The second-order valence-corrected chi connectivity index (χ2v) is 8.44. The molecule has 1 aliphatic rings. The Hall–Kier alpha value is -1.20. The van der Waals surface area contributed by atoms with Gasteiger partial charge in [-0.1, -0.05) is 30.3 Å². The molecule has 1 unspecified atom stereocenters. The lowest BCUT2D eigenvalue weighted by atomic mass is 10.1. The number of aliphatic imine (C=N–C) groups is 1. The summed E-state index contributed by atoms with van der Waals surface area (Å²) < 4.78 is 5.47. The summed E-state index contributed by atoms with van der Waals surface area (Å²) in [6.45, 7) is 6.19. The largest absolute Gasteiger partial charge is 0.379 e. The number of likely N-dealkylation sites (N-methyl/N-ethyl adjacent to an activating group) is 1. The Morgan fingerprint density at radius 2 is 1.87 bits per heavy atom. The van der Waals surface area contributed by atoms with Gasteiger partial charge in [0.15, 0.2) is 5.96 Å². The summed E-state index contributed by atoms with van der Waals surface area (Å²) in [5.74, 6) is 0.828. The van der Waals surface area contributed by atoms with Crippen LogP contribution in [0.2, 0.25) is 0 Å². The molecule has 1 aliphatic heterocycles. The van der Waals surface area contributed by atoms with Crippen LogP contribution in [0.1, 0.15) is 22.0 Å². The summed E-state index contributed by atoms with van der Waals surface area (Å²) in [4.78, 5) is 10.5. The Balaban J connectivity index is 0.00000320. The van der Waals surface area contributed by atoms with E-state index in [0.717, 1.165) is 51.9 Å². The van der Waals surface area contributed by atoms with E-state index in [0.29, 0.717) is 6.04 Å². The first kappa shape index (κ1) is 25.1. The van der Waals surface area contributed by atoms with Crippen molar-refractivity contribution in [3.63, 3.8) is 0 Å². The number of rotatable bonds is 8. The summed E-state index contributed by atoms with van der Waals surface area (Å²) >= 11 is 1.79. The first-order valence-electron chi connectivity index (χ1n) is 10.2. The van der Waals surface area contributed by atoms with E-state index in [4.69, 9.17) is 4.74 Å². The first-order valence-corrected chi connectivity index (χ1v) is 11.1. The van der Waals surface area contributed by atoms with Crippen molar-refractivity contribution in [1.82, 2.24) is 20.4 Å². The lowest BCUT2D eigenvalue weighted by molar-refractivity contribution is 0.0341. The highest BCUT2D eigenvalue weighted by Crippen LogP contribution is 2.22. The monoisotopic (exact) mass is 543 g/mol. The van der Waals surface area contributed by atoms with Gasteiger partial charge in [-0.15, -0.1) is 35.3 Å². The Morgan fingerprint density at radius 3 is 2.50 bits per heavy atom. The zero-order chi connectivity index (χ0) is 20.5. The van der Waals surface area contributed by atoms with Crippen molar-refractivity contribution in [3.8, 4) is 0 Å². The molecule has 3 rings (SSSR count). The third-order valence-corrected chi connectivity index (χ3v) is 6.22. The van der Waals surface area contributed by atoms with Crippen LogP contribution in [0.5, 0.6) is 0 Å². The molecule has 2 N–H and O–H groups in total. The van der Waals surface area contributed by atoms with Gasteiger partial charge in [0, 0.05) is 44.6 Å². The number of morpholine rings is 1. The molecule has 2 heterocycles. The van der Waals surface area contributed by atoms with Crippen LogP contribution < -0.4 is 10.6 Å². The van der Waals surface area contributed by atoms with Crippen molar-refractivity contribution < 1.29 is 4.74 Å². The van der Waals surface area contributed by atoms with Crippen LogP contribution in [0.25, 0.3) is 0 Å². The van der Waals surface area contributed by atoms with E-state index in [-0.39, 0.29) is 24.0 Å². The van der Waals surface area contributed by atoms with Crippen LogP contribution >= 0.6 is 35.3 Å². The van der Waals surface area contributed by atoms with Crippen LogP contribution in [0.4, 0.5) is 0 Å². The zero-order valence-corrected chi connectivity index (χ0v) is 21.3. The van der Waals surface area contributed by atoms with Crippen molar-refractivity contribution >= 4 is 41.3 Å². The quantitative estimate of drug-likeness (QED) is 0.305. The SMILES string of the molecule is CN=C(NCc1ccccc1CN1CCOCC1)NCC(c1cccs1)N(C)C.I. The van der Waals surface area contributed by atoms with Crippen LogP contribution in [0.3, 0.4) is 0 Å². The Morgan fingerprint density at radius 1 is 1.13 bits per heavy atom. The number of nitrogens with one attached hydrogen (secondary N) is 2. The molecule has 0 bridgehead atoms. The maximum Gasteiger partial charge on any atom is 0.191 e. The van der Waals surface area contributed by atoms with E-state index in [1.807, 2.05) is 7.05 Å². The Labute approximate surface area is 201 Å². The normalized spacial score (nSPS) is 16.2. The van der Waals surface area contributed by atoms with Crippen molar-refractivity contribution in [2.75, 3.05) is 54.0 Å². The highest BCUT2D eigenvalue weighted by atomic mass is 127. The van der Waals surface area contributed by atoms with Gasteiger partial charge in [0.05, 0.1) is 19.3 Å². The van der Waals surface area contributed by atoms with Crippen molar-refractivity contribution in [3.05, 3.63) is 57.8 Å². The molecule has 1 fully saturated rings. The van der Waals surface area contributed by atoms with Gasteiger partial charge in [-0.3, -0.25) is 9.89 Å². The molecule has 8 heteroatoms. The van der Waals surface area contributed by atoms with E-state index in [1.54, 1.807) is 11.3 Å². The fourth-order valence-electron chi connectivity index (χ4n) is 3.50. The Bertz CT molecular complexity index is 763. The average molecular weight is 544 g/mol. The predicted molar refractivity (Wildman–Crippen MR) is 137 cm³/mol. The molecule has 166 valence electrons. The highest BCUT2D eigenvalue weighted by Gasteiger charge is 2.16. The summed E-state index contributed by atoms with van der Waals surface area (Å²) in [6.07, 6.45) is 0. The molecule has 1 aromatic heterocycles. The van der Waals surface area contributed by atoms with Gasteiger partial charge in [0.25, 0.3) is 0 Å². The predicted octanol–water partition coefficient (Wildman–Crippen LogP) is 3.17. The number of guanidine groups is 1. The molecular formula is C22H34IN5OS. The zero-order valence-electron chi connectivity index (χ0n) is 18.1. The minimum atomic E-state index is 0. The van der Waals surface area contributed by atoms with E-state index in [1.165, 1.54) is 16.0 Å². The molecular weight excluding hydrogens is 509 g/mol. The van der Waals surface area contributed by atoms with Crippen molar-refractivity contribution in [2.45, 2.75) is 19.1 Å². The van der Waals surface area contributed by atoms with Gasteiger partial charge in [-0.25, -0.2) is 0 Å². The Kier molecular flexibility index (Phi) is 11.1. The minimum absolute atomic E-state index is 0. The van der Waals surface area contributed by atoms with Crippen LogP contribution in [-0.4, -0.2) is 69.8 Å². The van der Waals surface area contributed by atoms with E-state index in [9.17, 15) is 0 Å². The van der Waals surface area contributed by atoms with Gasteiger partial charge in [0.2, 0.25) is 0 Å². The third-order valence-electron chi connectivity index (χ3n) is 5.24. The molecule has 0 radical (unpaired) electrons. The first-order chi connectivity index (χ1) is 14.2. The lowest BCUT2D eigenvalue weighted by Gasteiger charge is -2.27. The molecule has 0 saturated carbocycles. The number of halogens is 1. The molecule has 0 aliphatic carbocycles. The molecule has 2 aromatic rings. The second-order valence-electron chi connectivity index (χ2n) is 7.46. The minimum Gasteiger partial charge on any atom is -0.379 e. The van der Waals surface area contributed by atoms with E-state index >= 15 is 0 Å². The van der Waals surface area contributed by atoms with Gasteiger partial charge in [-0.2, -0.15) is 0 Å². The van der Waals surface area contributed by atoms with Crippen molar-refractivity contribution in [1.29, 1.82) is 0 Å². The highest BCUT2D eigenvalue weighted by molar-refractivity contribution is 14.0. The van der Waals surface area contributed by atoms with Crippen LogP contribution in [-0.2, 0) is 17.8 Å². The second kappa shape index (κ2) is 13.3. The maximum absolute atomic E-state index is 5.47. The summed E-state index contributed by atoms with van der Waals surface area (Å²) in [5, 5.41) is 9.10. The smallest absolute Gasteiger partial charge is 0.191 e. The third kappa shape index (κ3) is 7.49. The van der Waals surface area contributed by atoms with Crippen molar-refractivity contribution in [2.24, 2.45) is 4.99 Å². The number of benzene rings is 1. The number of nitrogens with zero attached hydrogens (tertiary/aromatic N) is 3. The molecule has 0 amide bonds. The molecule has 1 atom stereocenters. The molecule has 1 saturated heterocycles. The fourth-order valence-corrected chi connectivity index (χ4v) is 4.42. The van der Waals surface area contributed by atoms with Crippen LogP contribution in [0.15, 0.2) is 46.8 Å². The lowest BCUT2D eigenvalue weighted by Crippen LogP contribution is -2.41. The van der Waals surface area contributed by atoms with Gasteiger partial charge < -0.3 is 20.3 Å². The molecule has 30 heavy (non-hydrogen) atoms. The number of thiophene rings is 1. The van der Waals surface area contributed by atoms with Gasteiger partial charge in [0.1, 0.15) is 0 Å². The number of hydrogen-bond acceptors (Lipinski definition) is 5. The molecule has 1 aromatic carbocycles. The number of ether oxygens (including phenoxy) is 1.